The molecule has 4 rings (SSSR count). The number of hydrogen-bond acceptors (Lipinski definition) is 5. The number of allylic oxidation sites excluding steroid dienone is 1. The molecule has 0 amide bonds. The van der Waals surface area contributed by atoms with Gasteiger partial charge in [-0.1, -0.05) is 12.1 Å². The predicted octanol–water partition coefficient (Wildman–Crippen LogP) is 4.39. The lowest BCUT2D eigenvalue weighted by Crippen LogP contribution is -2.16. The zero-order chi connectivity index (χ0) is 20.5. The van der Waals surface area contributed by atoms with E-state index in [1.807, 2.05) is 24.3 Å². The Balaban J connectivity index is 1.91. The quantitative estimate of drug-likeness (QED) is 0.709. The van der Waals surface area contributed by atoms with Crippen LogP contribution in [0.5, 0.6) is 11.5 Å². The lowest BCUT2D eigenvalue weighted by atomic mass is 9.90. The third-order valence-electron chi connectivity index (χ3n) is 5.16. The lowest BCUT2D eigenvalue weighted by molar-refractivity contribution is 0.0697. The van der Waals surface area contributed by atoms with E-state index < -0.39 is 5.97 Å². The first-order valence-corrected chi connectivity index (χ1v) is 9.28. The van der Waals surface area contributed by atoms with Crippen LogP contribution in [-0.2, 0) is 6.42 Å². The summed E-state index contributed by atoms with van der Waals surface area (Å²) >= 11 is 0. The van der Waals surface area contributed by atoms with Crippen LogP contribution < -0.4 is 14.9 Å². The molecule has 1 aliphatic rings. The van der Waals surface area contributed by atoms with Crippen molar-refractivity contribution in [3.8, 4) is 11.5 Å². The van der Waals surface area contributed by atoms with E-state index in [0.717, 1.165) is 24.0 Å². The van der Waals surface area contributed by atoms with Crippen molar-refractivity contribution in [2.24, 2.45) is 0 Å². The van der Waals surface area contributed by atoms with Crippen molar-refractivity contribution in [1.82, 2.24) is 0 Å². The van der Waals surface area contributed by atoms with E-state index in [1.165, 1.54) is 12.1 Å². The second-order valence-electron chi connectivity index (χ2n) is 6.86. The number of carbonyl (C=O) groups is 1. The largest absolute Gasteiger partial charge is 0.493 e. The molecule has 0 aliphatic heterocycles. The molecule has 0 fully saturated rings. The Kier molecular flexibility index (Phi) is 4.84. The summed E-state index contributed by atoms with van der Waals surface area (Å²) in [6.07, 6.45) is 4.12. The van der Waals surface area contributed by atoms with E-state index in [-0.39, 0.29) is 11.0 Å². The number of benzene rings is 2. The minimum Gasteiger partial charge on any atom is -0.493 e. The number of rotatable bonds is 4. The van der Waals surface area contributed by atoms with Crippen molar-refractivity contribution in [1.29, 1.82) is 0 Å². The Labute approximate surface area is 167 Å². The summed E-state index contributed by atoms with van der Waals surface area (Å²) in [6, 6.07) is 9.98. The van der Waals surface area contributed by atoms with Crippen LogP contribution in [0.1, 0.15) is 40.1 Å². The van der Waals surface area contributed by atoms with Gasteiger partial charge in [-0.2, -0.15) is 0 Å². The van der Waals surface area contributed by atoms with Gasteiger partial charge in [0, 0.05) is 11.1 Å². The van der Waals surface area contributed by atoms with Gasteiger partial charge in [0.2, 0.25) is 0 Å². The maximum Gasteiger partial charge on any atom is 0.335 e. The average molecular weight is 392 g/mol. The summed E-state index contributed by atoms with van der Waals surface area (Å²) in [5, 5.41) is 9.50. The maximum absolute atomic E-state index is 13.0. The van der Waals surface area contributed by atoms with Gasteiger partial charge in [-0.15, -0.1) is 0 Å². The van der Waals surface area contributed by atoms with Crippen molar-refractivity contribution in [2.75, 3.05) is 14.2 Å². The summed E-state index contributed by atoms with van der Waals surface area (Å²) < 4.78 is 17.0. The molecular weight excluding hydrogens is 372 g/mol. The number of carboxylic acids is 1. The summed E-state index contributed by atoms with van der Waals surface area (Å²) in [6.45, 7) is 0. The highest BCUT2D eigenvalue weighted by Crippen LogP contribution is 2.37. The van der Waals surface area contributed by atoms with Gasteiger partial charge in [0.25, 0.3) is 0 Å². The monoisotopic (exact) mass is 392 g/mol. The van der Waals surface area contributed by atoms with Gasteiger partial charge in [-0.3, -0.25) is 4.79 Å². The first-order valence-electron chi connectivity index (χ1n) is 9.28. The number of methoxy groups -OCH3 is 2. The van der Waals surface area contributed by atoms with Crippen LogP contribution in [-0.4, -0.2) is 25.3 Å². The van der Waals surface area contributed by atoms with Crippen molar-refractivity contribution in [2.45, 2.75) is 19.3 Å². The Morgan fingerprint density at radius 3 is 2.69 bits per heavy atom. The topological polar surface area (TPSA) is 86.0 Å². The van der Waals surface area contributed by atoms with Gasteiger partial charge in [0.1, 0.15) is 11.3 Å². The molecule has 3 aromatic rings. The zero-order valence-corrected chi connectivity index (χ0v) is 16.2. The highest BCUT2D eigenvalue weighted by molar-refractivity contribution is 5.94. The second-order valence-corrected chi connectivity index (χ2v) is 6.86. The smallest absolute Gasteiger partial charge is 0.335 e. The Morgan fingerprint density at radius 2 is 1.97 bits per heavy atom. The SMILES string of the molecule is COc1cccc(C=C2CCCc3c2oc2ccc(C(=O)O)cc2c3=O)c1OC. The van der Waals surface area contributed by atoms with Gasteiger partial charge >= 0.3 is 5.97 Å². The molecule has 0 unspecified atom stereocenters. The van der Waals surface area contributed by atoms with Crippen molar-refractivity contribution in [3.63, 3.8) is 0 Å². The van der Waals surface area contributed by atoms with Gasteiger partial charge in [0.05, 0.1) is 25.2 Å². The molecule has 1 N–H and O–H groups in total. The molecule has 0 radical (unpaired) electrons. The second kappa shape index (κ2) is 7.47. The number of fused-ring (bicyclic) bond motifs is 2. The highest BCUT2D eigenvalue weighted by atomic mass is 16.5. The van der Waals surface area contributed by atoms with Crippen molar-refractivity contribution in [3.05, 3.63) is 69.1 Å². The van der Waals surface area contributed by atoms with Crippen LogP contribution in [0.25, 0.3) is 22.6 Å². The molecular formula is C23H20O6. The van der Waals surface area contributed by atoms with E-state index in [4.69, 9.17) is 13.9 Å². The van der Waals surface area contributed by atoms with Gasteiger partial charge < -0.3 is 19.0 Å². The third kappa shape index (κ3) is 3.27. The molecule has 0 spiro atoms. The minimum atomic E-state index is -1.07. The summed E-state index contributed by atoms with van der Waals surface area (Å²) in [7, 11) is 3.17. The minimum absolute atomic E-state index is 0.0671. The van der Waals surface area contributed by atoms with Crippen LogP contribution >= 0.6 is 0 Å². The Morgan fingerprint density at radius 1 is 1.14 bits per heavy atom. The Bertz CT molecular complexity index is 1200. The van der Waals surface area contributed by atoms with E-state index in [2.05, 4.69) is 0 Å². The summed E-state index contributed by atoms with van der Waals surface area (Å²) in [5.41, 5.74) is 2.59. The molecule has 2 aromatic carbocycles. The first kappa shape index (κ1) is 18.8. The number of carboxylic acid groups (broad SMARTS) is 1. The van der Waals surface area contributed by atoms with Crippen LogP contribution in [0.3, 0.4) is 0 Å². The molecule has 6 heteroatoms. The van der Waals surface area contributed by atoms with Gasteiger partial charge in [-0.05, 0) is 55.2 Å². The number of hydrogen-bond donors (Lipinski definition) is 1. The van der Waals surface area contributed by atoms with Gasteiger partial charge in [0.15, 0.2) is 16.9 Å². The van der Waals surface area contributed by atoms with Crippen LogP contribution in [0.4, 0.5) is 0 Å². The molecule has 6 nitrogen and oxygen atoms in total. The first-order chi connectivity index (χ1) is 14.0. The fraction of sp³-hybridized carbons (Fsp3) is 0.217. The molecule has 0 saturated carbocycles. The molecule has 1 heterocycles. The average Bonchev–Trinajstić information content (AvgIpc) is 2.74. The van der Waals surface area contributed by atoms with Crippen LogP contribution in [0.2, 0.25) is 0 Å². The zero-order valence-electron chi connectivity index (χ0n) is 16.2. The molecule has 0 atom stereocenters. The van der Waals surface area contributed by atoms with E-state index in [1.54, 1.807) is 20.3 Å². The van der Waals surface area contributed by atoms with E-state index in [9.17, 15) is 14.7 Å². The van der Waals surface area contributed by atoms with Gasteiger partial charge in [-0.25, -0.2) is 4.79 Å². The molecule has 1 aromatic heterocycles. The molecule has 148 valence electrons. The fourth-order valence-corrected chi connectivity index (χ4v) is 3.77. The molecule has 29 heavy (non-hydrogen) atoms. The number of aromatic carboxylic acids is 1. The fourth-order valence-electron chi connectivity index (χ4n) is 3.77. The third-order valence-corrected chi connectivity index (χ3v) is 5.16. The molecule has 0 bridgehead atoms. The standard InChI is InChI=1S/C23H20O6/c1-27-19-8-4-6-14(22(19)28-2)11-13-5-3-7-16-20(24)17-12-15(23(25)26)9-10-18(17)29-21(13)16/h4,6,8-12H,3,5,7H2,1-2H3,(H,25,26). The predicted molar refractivity (Wildman–Crippen MR) is 110 cm³/mol. The lowest BCUT2D eigenvalue weighted by Gasteiger charge is -2.19. The Hall–Kier alpha value is -3.54. The number of para-hydroxylation sites is 1. The summed E-state index contributed by atoms with van der Waals surface area (Å²) in [5.74, 6) is 0.722. The van der Waals surface area contributed by atoms with Crippen molar-refractivity contribution >= 4 is 28.6 Å². The molecule has 0 saturated heterocycles. The number of ether oxygens (including phenoxy) is 2. The maximum atomic E-state index is 13.0. The van der Waals surface area contributed by atoms with Crippen LogP contribution in [0, 0.1) is 0 Å². The summed E-state index contributed by atoms with van der Waals surface area (Å²) in [4.78, 5) is 24.3. The normalized spacial score (nSPS) is 14.6. The highest BCUT2D eigenvalue weighted by Gasteiger charge is 2.23. The van der Waals surface area contributed by atoms with E-state index >= 15 is 0 Å². The molecule has 1 aliphatic carbocycles. The van der Waals surface area contributed by atoms with Crippen molar-refractivity contribution < 1.29 is 23.8 Å². The van der Waals surface area contributed by atoms with E-state index in [0.29, 0.717) is 40.2 Å². The van der Waals surface area contributed by atoms with Crippen LogP contribution in [0.15, 0.2) is 45.6 Å².